The Morgan fingerprint density at radius 2 is 2.08 bits per heavy atom. The summed E-state index contributed by atoms with van der Waals surface area (Å²) in [4.78, 5) is 11.7. The van der Waals surface area contributed by atoms with E-state index in [1.807, 2.05) is 21.0 Å². The molecule has 0 rings (SSSR count). The van der Waals surface area contributed by atoms with Crippen molar-refractivity contribution in [1.82, 2.24) is 4.90 Å². The molecule has 0 saturated carbocycles. The molecule has 3 nitrogen and oxygen atoms in total. The van der Waals surface area contributed by atoms with Crippen molar-refractivity contribution in [2.45, 2.75) is 25.3 Å². The van der Waals surface area contributed by atoms with Crippen molar-refractivity contribution >= 4 is 17.6 Å². The Balaban J connectivity index is 4.80. The van der Waals surface area contributed by atoms with E-state index in [0.29, 0.717) is 6.42 Å². The Morgan fingerprint density at radius 3 is 2.31 bits per heavy atom. The zero-order chi connectivity index (χ0) is 10.6. The largest absolute Gasteiger partial charge is 0.478 e. The minimum absolute atomic E-state index is 0.269. The van der Waals surface area contributed by atoms with Gasteiger partial charge < -0.3 is 5.11 Å². The maximum atomic E-state index is 10.6. The molecule has 1 unspecified atom stereocenters. The predicted molar refractivity (Wildman–Crippen MR) is 54.0 cm³/mol. The standard InChI is InChI=1S/C9H16ClNO2/c1-5-9(10,11(3)4)6-7(2)8(12)13/h6H,5H2,1-4H3,(H,12,13). The molecule has 0 fully saturated rings. The van der Waals surface area contributed by atoms with Gasteiger partial charge in [-0.1, -0.05) is 18.5 Å². The predicted octanol–water partition coefficient (Wildman–Crippen LogP) is 1.92. The lowest BCUT2D eigenvalue weighted by molar-refractivity contribution is -0.132. The Bertz CT molecular complexity index is 226. The topological polar surface area (TPSA) is 40.5 Å². The van der Waals surface area contributed by atoms with Crippen LogP contribution in [0.4, 0.5) is 0 Å². The van der Waals surface area contributed by atoms with Crippen LogP contribution in [-0.2, 0) is 4.79 Å². The normalized spacial score (nSPS) is 17.2. The Kier molecular flexibility index (Phi) is 4.44. The number of hydrogen-bond acceptors (Lipinski definition) is 2. The number of carbonyl (C=O) groups is 1. The summed E-state index contributed by atoms with van der Waals surface area (Å²) in [6, 6.07) is 0. The number of rotatable bonds is 4. The van der Waals surface area contributed by atoms with Crippen LogP contribution in [0.2, 0.25) is 0 Å². The fraction of sp³-hybridized carbons (Fsp3) is 0.667. The molecule has 0 spiro atoms. The maximum absolute atomic E-state index is 10.6. The zero-order valence-electron chi connectivity index (χ0n) is 8.47. The van der Waals surface area contributed by atoms with Crippen LogP contribution in [0, 0.1) is 0 Å². The van der Waals surface area contributed by atoms with Crippen molar-refractivity contribution in [2.24, 2.45) is 0 Å². The molecule has 0 aliphatic heterocycles. The van der Waals surface area contributed by atoms with Gasteiger partial charge in [0.15, 0.2) is 0 Å². The Morgan fingerprint density at radius 1 is 1.62 bits per heavy atom. The van der Waals surface area contributed by atoms with Gasteiger partial charge >= 0.3 is 5.97 Å². The maximum Gasteiger partial charge on any atom is 0.331 e. The average Bonchev–Trinajstić information content (AvgIpc) is 2.03. The van der Waals surface area contributed by atoms with E-state index in [4.69, 9.17) is 16.7 Å². The highest BCUT2D eigenvalue weighted by molar-refractivity contribution is 6.25. The van der Waals surface area contributed by atoms with E-state index in [1.54, 1.807) is 17.9 Å². The second-order valence-electron chi connectivity index (χ2n) is 3.20. The molecule has 76 valence electrons. The summed E-state index contributed by atoms with van der Waals surface area (Å²) in [7, 11) is 3.64. The lowest BCUT2D eigenvalue weighted by Crippen LogP contribution is -2.36. The highest BCUT2D eigenvalue weighted by Crippen LogP contribution is 2.25. The second-order valence-corrected chi connectivity index (χ2v) is 3.85. The number of carboxylic acids is 1. The van der Waals surface area contributed by atoms with Crippen LogP contribution in [0.5, 0.6) is 0 Å². The number of nitrogens with zero attached hydrogens (tertiary/aromatic N) is 1. The summed E-state index contributed by atoms with van der Waals surface area (Å²) >= 11 is 6.18. The summed E-state index contributed by atoms with van der Waals surface area (Å²) in [6.07, 6.45) is 2.23. The number of halogens is 1. The Hall–Kier alpha value is -0.540. The average molecular weight is 206 g/mol. The van der Waals surface area contributed by atoms with Gasteiger partial charge in [-0.15, -0.1) is 0 Å². The highest BCUT2D eigenvalue weighted by Gasteiger charge is 2.25. The van der Waals surface area contributed by atoms with E-state index < -0.39 is 11.0 Å². The fourth-order valence-corrected chi connectivity index (χ4v) is 1.10. The molecule has 0 aromatic heterocycles. The van der Waals surface area contributed by atoms with E-state index in [0.717, 1.165) is 0 Å². The number of aliphatic carboxylic acids is 1. The molecular formula is C9H16ClNO2. The smallest absolute Gasteiger partial charge is 0.331 e. The number of carboxylic acid groups (broad SMARTS) is 1. The van der Waals surface area contributed by atoms with Gasteiger partial charge in [0, 0.05) is 5.57 Å². The summed E-state index contributed by atoms with van der Waals surface area (Å²) in [5, 5.41) is 8.68. The molecule has 0 aliphatic rings. The minimum atomic E-state index is -0.930. The van der Waals surface area contributed by atoms with Gasteiger partial charge in [0.1, 0.15) is 5.00 Å². The number of alkyl halides is 1. The molecule has 0 radical (unpaired) electrons. The van der Waals surface area contributed by atoms with Crippen molar-refractivity contribution in [2.75, 3.05) is 14.1 Å². The Labute approximate surface area is 84.0 Å². The monoisotopic (exact) mass is 205 g/mol. The molecule has 1 atom stereocenters. The number of likely N-dealkylation sites (N-methyl/N-ethyl adjacent to an activating group) is 1. The molecule has 13 heavy (non-hydrogen) atoms. The van der Waals surface area contributed by atoms with Crippen LogP contribution < -0.4 is 0 Å². The molecule has 0 aliphatic carbocycles. The quantitative estimate of drug-likeness (QED) is 0.433. The molecule has 0 heterocycles. The fourth-order valence-electron chi connectivity index (χ4n) is 0.941. The molecule has 0 bridgehead atoms. The second kappa shape index (κ2) is 4.63. The van der Waals surface area contributed by atoms with E-state index in [2.05, 4.69) is 0 Å². The molecular weight excluding hydrogens is 190 g/mol. The van der Waals surface area contributed by atoms with Crippen molar-refractivity contribution < 1.29 is 9.90 Å². The van der Waals surface area contributed by atoms with Crippen molar-refractivity contribution in [3.05, 3.63) is 11.6 Å². The van der Waals surface area contributed by atoms with E-state index in [9.17, 15) is 4.79 Å². The molecule has 0 aromatic rings. The van der Waals surface area contributed by atoms with Crippen LogP contribution in [0.25, 0.3) is 0 Å². The first-order valence-corrected chi connectivity index (χ1v) is 4.50. The zero-order valence-corrected chi connectivity index (χ0v) is 9.22. The van der Waals surface area contributed by atoms with Gasteiger partial charge in [0.05, 0.1) is 0 Å². The summed E-state index contributed by atoms with van der Waals surface area (Å²) in [6.45, 7) is 3.46. The molecule has 4 heteroatoms. The summed E-state index contributed by atoms with van der Waals surface area (Å²) in [5.74, 6) is -0.930. The first kappa shape index (κ1) is 12.5. The molecule has 0 saturated heterocycles. The molecule has 0 amide bonds. The summed E-state index contributed by atoms with van der Waals surface area (Å²) < 4.78 is 0. The number of hydrogen-bond donors (Lipinski definition) is 1. The van der Waals surface area contributed by atoms with Gasteiger partial charge in [0.2, 0.25) is 0 Å². The van der Waals surface area contributed by atoms with Gasteiger partial charge in [-0.3, -0.25) is 4.90 Å². The highest BCUT2D eigenvalue weighted by atomic mass is 35.5. The first-order chi connectivity index (χ1) is 5.83. The molecule has 1 N–H and O–H groups in total. The van der Waals surface area contributed by atoms with Crippen LogP contribution >= 0.6 is 11.6 Å². The first-order valence-electron chi connectivity index (χ1n) is 4.12. The third-order valence-corrected chi connectivity index (χ3v) is 2.73. The van der Waals surface area contributed by atoms with E-state index in [1.165, 1.54) is 0 Å². The SMILES string of the molecule is CCC(Cl)(C=C(C)C(=O)O)N(C)C. The lowest BCUT2D eigenvalue weighted by atomic mass is 10.1. The van der Waals surface area contributed by atoms with Crippen molar-refractivity contribution in [3.8, 4) is 0 Å². The van der Waals surface area contributed by atoms with Crippen LogP contribution in [0.3, 0.4) is 0 Å². The van der Waals surface area contributed by atoms with Gasteiger partial charge in [-0.05, 0) is 33.5 Å². The third kappa shape index (κ3) is 3.36. The van der Waals surface area contributed by atoms with Crippen LogP contribution in [0.1, 0.15) is 20.3 Å². The van der Waals surface area contributed by atoms with E-state index >= 15 is 0 Å². The minimum Gasteiger partial charge on any atom is -0.478 e. The van der Waals surface area contributed by atoms with E-state index in [-0.39, 0.29) is 5.57 Å². The van der Waals surface area contributed by atoms with Gasteiger partial charge in [0.25, 0.3) is 0 Å². The third-order valence-electron chi connectivity index (χ3n) is 2.01. The summed E-state index contributed by atoms with van der Waals surface area (Å²) in [5.41, 5.74) is 0.269. The van der Waals surface area contributed by atoms with Gasteiger partial charge in [-0.2, -0.15) is 0 Å². The van der Waals surface area contributed by atoms with Crippen molar-refractivity contribution in [1.29, 1.82) is 0 Å². The van der Waals surface area contributed by atoms with Crippen molar-refractivity contribution in [3.63, 3.8) is 0 Å². The lowest BCUT2D eigenvalue weighted by Gasteiger charge is -2.30. The van der Waals surface area contributed by atoms with Crippen LogP contribution in [-0.4, -0.2) is 35.1 Å². The van der Waals surface area contributed by atoms with Crippen LogP contribution in [0.15, 0.2) is 11.6 Å². The van der Waals surface area contributed by atoms with Gasteiger partial charge in [-0.25, -0.2) is 4.79 Å². The molecule has 0 aromatic carbocycles.